The molecule has 0 radical (unpaired) electrons. The average molecular weight is 382 g/mol. The van der Waals surface area contributed by atoms with Crippen molar-refractivity contribution in [1.29, 1.82) is 0 Å². The molecule has 3 rings (SSSR count). The smallest absolute Gasteiger partial charge is 0.318 e. The van der Waals surface area contributed by atoms with E-state index in [0.29, 0.717) is 22.8 Å². The number of carbonyl (C=O) groups excluding carboxylic acids is 3. The zero-order chi connectivity index (χ0) is 19.9. The Kier molecular flexibility index (Phi) is 6.11. The van der Waals surface area contributed by atoms with E-state index in [1.54, 1.807) is 48.5 Å². The lowest BCUT2D eigenvalue weighted by Crippen LogP contribution is -2.24. The van der Waals surface area contributed by atoms with Crippen LogP contribution in [0, 0.1) is 5.92 Å². The molecular formula is C20H22N4O4. The van der Waals surface area contributed by atoms with Gasteiger partial charge in [0.1, 0.15) is 5.75 Å². The molecule has 1 fully saturated rings. The first-order valence-corrected chi connectivity index (χ1v) is 8.96. The monoisotopic (exact) mass is 382 g/mol. The third-order valence-electron chi connectivity index (χ3n) is 4.07. The van der Waals surface area contributed by atoms with E-state index >= 15 is 0 Å². The third-order valence-corrected chi connectivity index (χ3v) is 4.07. The maximum Gasteiger partial charge on any atom is 0.318 e. The first-order valence-electron chi connectivity index (χ1n) is 8.96. The van der Waals surface area contributed by atoms with Gasteiger partial charge in [0, 0.05) is 36.1 Å². The van der Waals surface area contributed by atoms with Gasteiger partial charge in [-0.3, -0.25) is 9.59 Å². The predicted molar refractivity (Wildman–Crippen MR) is 106 cm³/mol. The van der Waals surface area contributed by atoms with Gasteiger partial charge in [0.2, 0.25) is 5.91 Å². The Balaban J connectivity index is 1.47. The van der Waals surface area contributed by atoms with Crippen LogP contribution in [-0.2, 0) is 9.59 Å². The van der Waals surface area contributed by atoms with Crippen molar-refractivity contribution >= 4 is 34.9 Å². The Morgan fingerprint density at radius 2 is 1.61 bits per heavy atom. The van der Waals surface area contributed by atoms with E-state index < -0.39 is 0 Å². The number of anilines is 3. The molecule has 2 aromatic rings. The van der Waals surface area contributed by atoms with Gasteiger partial charge in [-0.05, 0) is 49.2 Å². The van der Waals surface area contributed by atoms with Crippen LogP contribution in [0.25, 0.3) is 0 Å². The largest absolute Gasteiger partial charge is 0.484 e. The molecule has 1 aliphatic rings. The third kappa shape index (κ3) is 5.73. The van der Waals surface area contributed by atoms with Gasteiger partial charge in [-0.25, -0.2) is 4.79 Å². The average Bonchev–Trinajstić information content (AvgIpc) is 3.53. The van der Waals surface area contributed by atoms with Crippen molar-refractivity contribution in [3.05, 3.63) is 48.5 Å². The summed E-state index contributed by atoms with van der Waals surface area (Å²) in [5.41, 5.74) is 1.84. The highest BCUT2D eigenvalue weighted by Crippen LogP contribution is 2.30. The van der Waals surface area contributed by atoms with E-state index in [-0.39, 0.29) is 30.4 Å². The minimum absolute atomic E-state index is 0.0178. The summed E-state index contributed by atoms with van der Waals surface area (Å²) in [6, 6.07) is 13.3. The normalized spacial score (nSPS) is 12.6. The van der Waals surface area contributed by atoms with Gasteiger partial charge in [0.05, 0.1) is 0 Å². The molecule has 0 atom stereocenters. The Morgan fingerprint density at radius 3 is 2.25 bits per heavy atom. The summed E-state index contributed by atoms with van der Waals surface area (Å²) in [7, 11) is 1.53. The molecular weight excluding hydrogens is 360 g/mol. The lowest BCUT2D eigenvalue weighted by molar-refractivity contribution is -0.118. The lowest BCUT2D eigenvalue weighted by Gasteiger charge is -2.10. The van der Waals surface area contributed by atoms with Crippen LogP contribution in [0.2, 0.25) is 0 Å². The van der Waals surface area contributed by atoms with Crippen molar-refractivity contribution in [2.45, 2.75) is 12.8 Å². The first kappa shape index (κ1) is 19.2. The van der Waals surface area contributed by atoms with E-state index in [1.165, 1.54) is 7.05 Å². The Bertz CT molecular complexity index is 863. The van der Waals surface area contributed by atoms with E-state index in [0.717, 1.165) is 12.8 Å². The first-order chi connectivity index (χ1) is 13.5. The number of nitrogens with one attached hydrogen (secondary N) is 4. The van der Waals surface area contributed by atoms with Crippen LogP contribution >= 0.6 is 0 Å². The van der Waals surface area contributed by atoms with Crippen molar-refractivity contribution in [2.24, 2.45) is 5.92 Å². The highest BCUT2D eigenvalue weighted by molar-refractivity contribution is 5.94. The Labute approximate surface area is 162 Å². The summed E-state index contributed by atoms with van der Waals surface area (Å²) < 4.78 is 5.50. The number of amides is 4. The summed E-state index contributed by atoms with van der Waals surface area (Å²) in [4.78, 5) is 35.1. The van der Waals surface area contributed by atoms with E-state index in [2.05, 4.69) is 21.3 Å². The molecule has 0 heterocycles. The molecule has 4 N–H and O–H groups in total. The predicted octanol–water partition coefficient (Wildman–Crippen LogP) is 2.80. The SMILES string of the molecule is CNC(=O)Nc1ccc(NC(=O)COc2cccc(NC(=O)C3CC3)c2)cc1. The molecule has 0 bridgehead atoms. The zero-order valence-corrected chi connectivity index (χ0v) is 15.5. The van der Waals surface area contributed by atoms with Crippen molar-refractivity contribution < 1.29 is 19.1 Å². The number of ether oxygens (including phenoxy) is 1. The van der Waals surface area contributed by atoms with E-state index in [1.807, 2.05) is 0 Å². The number of rotatable bonds is 7. The van der Waals surface area contributed by atoms with Crippen LogP contribution in [0.1, 0.15) is 12.8 Å². The second kappa shape index (κ2) is 8.90. The molecule has 0 aromatic heterocycles. The van der Waals surface area contributed by atoms with Gasteiger partial charge in [-0.1, -0.05) is 6.07 Å². The molecule has 146 valence electrons. The summed E-state index contributed by atoms with van der Waals surface area (Å²) in [5.74, 6) is 0.311. The molecule has 0 aliphatic heterocycles. The second-order valence-electron chi connectivity index (χ2n) is 6.41. The van der Waals surface area contributed by atoms with E-state index in [9.17, 15) is 14.4 Å². The molecule has 0 unspecified atom stereocenters. The van der Waals surface area contributed by atoms with Gasteiger partial charge in [-0.2, -0.15) is 0 Å². The standard InChI is InChI=1S/C20H22N4O4/c1-21-20(27)24-15-9-7-14(8-10-15)22-18(25)12-28-17-4-2-3-16(11-17)23-19(26)13-5-6-13/h2-4,7-11,13H,5-6,12H2,1H3,(H,22,25)(H,23,26)(H2,21,24,27). The molecule has 8 nitrogen and oxygen atoms in total. The van der Waals surface area contributed by atoms with Gasteiger partial charge in [0.15, 0.2) is 6.61 Å². The van der Waals surface area contributed by atoms with E-state index in [4.69, 9.17) is 4.74 Å². The maximum absolute atomic E-state index is 12.1. The molecule has 8 heteroatoms. The number of urea groups is 1. The quantitative estimate of drug-likeness (QED) is 0.590. The minimum Gasteiger partial charge on any atom is -0.484 e. The maximum atomic E-state index is 12.1. The molecule has 0 spiro atoms. The van der Waals surface area contributed by atoms with Crippen LogP contribution < -0.4 is 26.0 Å². The van der Waals surface area contributed by atoms with Gasteiger partial charge < -0.3 is 26.0 Å². The van der Waals surface area contributed by atoms with Crippen LogP contribution in [0.4, 0.5) is 21.9 Å². The Hall–Kier alpha value is -3.55. The molecule has 4 amide bonds. The molecule has 1 saturated carbocycles. The topological polar surface area (TPSA) is 109 Å². The molecule has 2 aromatic carbocycles. The van der Waals surface area contributed by atoms with Crippen LogP contribution in [0.15, 0.2) is 48.5 Å². The van der Waals surface area contributed by atoms with Crippen LogP contribution in [0.5, 0.6) is 5.75 Å². The summed E-state index contributed by atoms with van der Waals surface area (Å²) in [6.07, 6.45) is 1.87. The molecule has 1 aliphatic carbocycles. The fourth-order valence-electron chi connectivity index (χ4n) is 2.43. The lowest BCUT2D eigenvalue weighted by atomic mass is 10.2. The number of carbonyl (C=O) groups is 3. The number of benzene rings is 2. The number of hydrogen-bond acceptors (Lipinski definition) is 4. The molecule has 0 saturated heterocycles. The molecule has 28 heavy (non-hydrogen) atoms. The fraction of sp³-hybridized carbons (Fsp3) is 0.250. The van der Waals surface area contributed by atoms with Crippen LogP contribution in [0.3, 0.4) is 0 Å². The summed E-state index contributed by atoms with van der Waals surface area (Å²) in [5, 5.41) is 10.6. The Morgan fingerprint density at radius 1 is 0.929 bits per heavy atom. The van der Waals surface area contributed by atoms with Crippen molar-refractivity contribution in [1.82, 2.24) is 5.32 Å². The van der Waals surface area contributed by atoms with Crippen molar-refractivity contribution in [3.63, 3.8) is 0 Å². The van der Waals surface area contributed by atoms with Gasteiger partial charge in [-0.15, -0.1) is 0 Å². The zero-order valence-electron chi connectivity index (χ0n) is 15.5. The van der Waals surface area contributed by atoms with Crippen molar-refractivity contribution in [2.75, 3.05) is 29.6 Å². The van der Waals surface area contributed by atoms with Gasteiger partial charge >= 0.3 is 6.03 Å². The van der Waals surface area contributed by atoms with Crippen molar-refractivity contribution in [3.8, 4) is 5.75 Å². The fourth-order valence-corrected chi connectivity index (χ4v) is 2.43. The minimum atomic E-state index is -0.320. The highest BCUT2D eigenvalue weighted by atomic mass is 16.5. The van der Waals surface area contributed by atoms with Crippen LogP contribution in [-0.4, -0.2) is 31.5 Å². The number of hydrogen-bond donors (Lipinski definition) is 4. The summed E-state index contributed by atoms with van der Waals surface area (Å²) >= 11 is 0. The second-order valence-corrected chi connectivity index (χ2v) is 6.41. The highest BCUT2D eigenvalue weighted by Gasteiger charge is 2.29. The van der Waals surface area contributed by atoms with Gasteiger partial charge in [0.25, 0.3) is 5.91 Å². The summed E-state index contributed by atoms with van der Waals surface area (Å²) in [6.45, 7) is -0.168.